The lowest BCUT2D eigenvalue weighted by atomic mass is 9.92. The summed E-state index contributed by atoms with van der Waals surface area (Å²) in [7, 11) is 0. The van der Waals surface area contributed by atoms with Crippen molar-refractivity contribution in [3.05, 3.63) is 11.8 Å². The highest BCUT2D eigenvalue weighted by molar-refractivity contribution is 5.68. The maximum Gasteiger partial charge on any atom is 0.133 e. The van der Waals surface area contributed by atoms with E-state index in [1.54, 1.807) is 0 Å². The highest BCUT2D eigenvalue weighted by atomic mass is 15.3. The average molecular weight is 286 g/mol. The van der Waals surface area contributed by atoms with E-state index in [0.29, 0.717) is 17.9 Å². The smallest absolute Gasteiger partial charge is 0.133 e. The van der Waals surface area contributed by atoms with Gasteiger partial charge in [-0.1, -0.05) is 26.7 Å². The van der Waals surface area contributed by atoms with Crippen molar-refractivity contribution in [2.75, 3.05) is 23.7 Å². The van der Waals surface area contributed by atoms with E-state index in [9.17, 15) is 5.26 Å². The van der Waals surface area contributed by atoms with Crippen LogP contribution >= 0.6 is 0 Å². The van der Waals surface area contributed by atoms with E-state index in [2.05, 4.69) is 29.4 Å². The molecule has 3 rings (SSSR count). The van der Waals surface area contributed by atoms with Gasteiger partial charge in [0.25, 0.3) is 0 Å². The minimum Gasteiger partial charge on any atom is -0.396 e. The third-order valence-electron chi connectivity index (χ3n) is 5.01. The molecule has 2 unspecified atom stereocenters. The Hall–Kier alpha value is -1.63. The SMILES string of the molecule is CC1CC(C)CN(c2c(N)cc(C#N)n2C2CCCC2)C1. The minimum atomic E-state index is 0.458. The molecule has 0 spiro atoms. The number of hydrogen-bond donors (Lipinski definition) is 1. The molecule has 1 saturated heterocycles. The molecule has 21 heavy (non-hydrogen) atoms. The van der Waals surface area contributed by atoms with Crippen LogP contribution in [0.5, 0.6) is 0 Å². The summed E-state index contributed by atoms with van der Waals surface area (Å²) in [4.78, 5) is 2.42. The van der Waals surface area contributed by atoms with Crippen molar-refractivity contribution in [3.63, 3.8) is 0 Å². The van der Waals surface area contributed by atoms with E-state index >= 15 is 0 Å². The summed E-state index contributed by atoms with van der Waals surface area (Å²) in [6.07, 6.45) is 6.16. The van der Waals surface area contributed by atoms with Gasteiger partial charge in [-0.3, -0.25) is 0 Å². The second-order valence-corrected chi connectivity index (χ2v) is 7.08. The maximum atomic E-state index is 9.47. The molecule has 2 N–H and O–H groups in total. The van der Waals surface area contributed by atoms with Gasteiger partial charge in [-0.25, -0.2) is 0 Å². The first-order chi connectivity index (χ1) is 10.1. The molecule has 114 valence electrons. The van der Waals surface area contributed by atoms with Crippen LogP contribution in [0.1, 0.15) is 57.7 Å². The molecule has 4 nitrogen and oxygen atoms in total. The fourth-order valence-corrected chi connectivity index (χ4v) is 4.32. The Labute approximate surface area is 127 Å². The molecule has 1 aromatic rings. The highest BCUT2D eigenvalue weighted by Gasteiger charge is 2.30. The fourth-order valence-electron chi connectivity index (χ4n) is 4.32. The lowest BCUT2D eigenvalue weighted by molar-refractivity contribution is 0.350. The zero-order valence-electron chi connectivity index (χ0n) is 13.2. The van der Waals surface area contributed by atoms with Crippen LogP contribution in [-0.4, -0.2) is 17.7 Å². The highest BCUT2D eigenvalue weighted by Crippen LogP contribution is 2.40. The minimum absolute atomic E-state index is 0.458. The fraction of sp³-hybridized carbons (Fsp3) is 0.706. The van der Waals surface area contributed by atoms with Crippen LogP contribution in [-0.2, 0) is 0 Å². The van der Waals surface area contributed by atoms with Gasteiger partial charge in [0.1, 0.15) is 17.6 Å². The first-order valence-corrected chi connectivity index (χ1v) is 8.26. The number of nitriles is 1. The lowest BCUT2D eigenvalue weighted by Gasteiger charge is -2.38. The predicted molar refractivity (Wildman–Crippen MR) is 86.2 cm³/mol. The Balaban J connectivity index is 2.00. The number of nitrogen functional groups attached to an aromatic ring is 1. The largest absolute Gasteiger partial charge is 0.396 e. The summed E-state index contributed by atoms with van der Waals surface area (Å²) in [5.41, 5.74) is 7.81. The summed E-state index contributed by atoms with van der Waals surface area (Å²) >= 11 is 0. The Kier molecular flexibility index (Phi) is 3.84. The monoisotopic (exact) mass is 286 g/mol. The van der Waals surface area contributed by atoms with Crippen molar-refractivity contribution in [3.8, 4) is 6.07 Å². The molecule has 0 aromatic carbocycles. The van der Waals surface area contributed by atoms with Crippen LogP contribution in [0.25, 0.3) is 0 Å². The molecule has 2 heterocycles. The van der Waals surface area contributed by atoms with Gasteiger partial charge in [-0.15, -0.1) is 0 Å². The van der Waals surface area contributed by atoms with Gasteiger partial charge in [-0.2, -0.15) is 5.26 Å². The van der Waals surface area contributed by atoms with E-state index in [-0.39, 0.29) is 0 Å². The summed E-state index contributed by atoms with van der Waals surface area (Å²) < 4.78 is 2.24. The van der Waals surface area contributed by atoms with Gasteiger partial charge in [0.05, 0.1) is 5.69 Å². The van der Waals surface area contributed by atoms with Crippen LogP contribution in [0.3, 0.4) is 0 Å². The van der Waals surface area contributed by atoms with Crippen molar-refractivity contribution in [1.29, 1.82) is 5.26 Å². The van der Waals surface area contributed by atoms with Crippen LogP contribution in [0.4, 0.5) is 11.5 Å². The van der Waals surface area contributed by atoms with E-state index in [1.807, 2.05) is 6.07 Å². The summed E-state index contributed by atoms with van der Waals surface area (Å²) in [6, 6.07) is 4.68. The van der Waals surface area contributed by atoms with Crippen LogP contribution in [0.2, 0.25) is 0 Å². The van der Waals surface area contributed by atoms with Crippen molar-refractivity contribution >= 4 is 11.5 Å². The average Bonchev–Trinajstić information content (AvgIpc) is 3.03. The van der Waals surface area contributed by atoms with Crippen molar-refractivity contribution in [2.24, 2.45) is 11.8 Å². The second-order valence-electron chi connectivity index (χ2n) is 7.08. The van der Waals surface area contributed by atoms with Crippen molar-refractivity contribution in [2.45, 2.75) is 52.0 Å². The van der Waals surface area contributed by atoms with E-state index in [1.165, 1.54) is 32.1 Å². The molecule has 4 heteroatoms. The predicted octanol–water partition coefficient (Wildman–Crippen LogP) is 3.54. The molecular formula is C17H26N4. The normalized spacial score (nSPS) is 27.0. The third kappa shape index (κ3) is 2.62. The summed E-state index contributed by atoms with van der Waals surface area (Å²) in [5, 5.41) is 9.47. The van der Waals surface area contributed by atoms with E-state index < -0.39 is 0 Å². The summed E-state index contributed by atoms with van der Waals surface area (Å²) in [6.45, 7) is 6.73. The first-order valence-electron chi connectivity index (χ1n) is 8.26. The number of nitrogens with two attached hydrogens (primary N) is 1. The molecule has 2 atom stereocenters. The van der Waals surface area contributed by atoms with Gasteiger partial charge < -0.3 is 15.2 Å². The molecule has 1 aliphatic heterocycles. The number of nitrogens with zero attached hydrogens (tertiary/aromatic N) is 3. The van der Waals surface area contributed by atoms with E-state index in [0.717, 1.165) is 30.3 Å². The third-order valence-corrected chi connectivity index (χ3v) is 5.01. The van der Waals surface area contributed by atoms with E-state index in [4.69, 9.17) is 5.73 Å². The molecule has 0 bridgehead atoms. The van der Waals surface area contributed by atoms with Gasteiger partial charge in [0.15, 0.2) is 0 Å². The van der Waals surface area contributed by atoms with Crippen molar-refractivity contribution < 1.29 is 0 Å². The first kappa shape index (κ1) is 14.3. The Morgan fingerprint density at radius 1 is 1.19 bits per heavy atom. The topological polar surface area (TPSA) is 58.0 Å². The van der Waals surface area contributed by atoms with Gasteiger partial charge in [0, 0.05) is 19.1 Å². The molecular weight excluding hydrogens is 260 g/mol. The number of piperidine rings is 1. The molecule has 1 saturated carbocycles. The van der Waals surface area contributed by atoms with Crippen LogP contribution in [0, 0.1) is 23.2 Å². The quantitative estimate of drug-likeness (QED) is 0.904. The number of rotatable bonds is 2. The Bertz CT molecular complexity index is 538. The van der Waals surface area contributed by atoms with Gasteiger partial charge in [0.2, 0.25) is 0 Å². The number of hydrogen-bond acceptors (Lipinski definition) is 3. The number of anilines is 2. The van der Waals surface area contributed by atoms with Crippen LogP contribution in [0.15, 0.2) is 6.07 Å². The lowest BCUT2D eigenvalue weighted by Crippen LogP contribution is -2.40. The van der Waals surface area contributed by atoms with Crippen molar-refractivity contribution in [1.82, 2.24) is 4.57 Å². The maximum absolute atomic E-state index is 9.47. The molecule has 2 aliphatic rings. The molecule has 1 aromatic heterocycles. The zero-order valence-corrected chi connectivity index (χ0v) is 13.2. The summed E-state index contributed by atoms with van der Waals surface area (Å²) in [5.74, 6) is 2.48. The van der Waals surface area contributed by atoms with Crippen LogP contribution < -0.4 is 10.6 Å². The molecule has 1 aliphatic carbocycles. The Morgan fingerprint density at radius 2 is 1.81 bits per heavy atom. The number of aromatic nitrogens is 1. The molecule has 0 amide bonds. The zero-order chi connectivity index (χ0) is 15.0. The molecule has 2 fully saturated rings. The Morgan fingerprint density at radius 3 is 2.38 bits per heavy atom. The standard InChI is InChI=1S/C17H26N4/c1-12-7-13(2)11-20(10-12)17-16(19)8-15(9-18)21(17)14-5-3-4-6-14/h8,12-14H,3-7,10-11,19H2,1-2H3. The second kappa shape index (κ2) is 5.63. The van der Waals surface area contributed by atoms with Gasteiger partial charge in [-0.05, 0) is 37.2 Å². The molecule has 0 radical (unpaired) electrons. The van der Waals surface area contributed by atoms with Gasteiger partial charge >= 0.3 is 0 Å².